The number of ether oxygens (including phenoxy) is 1. The first-order chi connectivity index (χ1) is 11.1. The molecule has 1 aromatic heterocycles. The number of benzene rings is 1. The predicted molar refractivity (Wildman–Crippen MR) is 99.1 cm³/mol. The molecule has 0 spiro atoms. The third-order valence-electron chi connectivity index (χ3n) is 4.76. The van der Waals surface area contributed by atoms with Crippen LogP contribution in [0.25, 0.3) is 10.1 Å². The van der Waals surface area contributed by atoms with Gasteiger partial charge in [0.15, 0.2) is 0 Å². The Morgan fingerprint density at radius 2 is 1.96 bits per heavy atom. The van der Waals surface area contributed by atoms with Gasteiger partial charge in [0.05, 0.1) is 12.8 Å². The molecule has 0 unspecified atom stereocenters. The van der Waals surface area contributed by atoms with Gasteiger partial charge in [-0.25, -0.2) is 0 Å². The molecular formula is C19H25NO2S. The monoisotopic (exact) mass is 331 g/mol. The van der Waals surface area contributed by atoms with E-state index in [0.29, 0.717) is 12.1 Å². The molecule has 1 aromatic carbocycles. The zero-order valence-corrected chi connectivity index (χ0v) is 15.0. The Morgan fingerprint density at radius 1 is 1.22 bits per heavy atom. The zero-order valence-electron chi connectivity index (χ0n) is 14.2. The molecule has 0 aliphatic heterocycles. The van der Waals surface area contributed by atoms with Gasteiger partial charge in [-0.1, -0.05) is 19.3 Å². The van der Waals surface area contributed by atoms with E-state index in [1.54, 1.807) is 18.4 Å². The Labute approximate surface area is 141 Å². The van der Waals surface area contributed by atoms with Crippen LogP contribution in [0.1, 0.15) is 46.0 Å². The number of methoxy groups -OCH3 is 1. The lowest BCUT2D eigenvalue weighted by atomic mass is 9.93. The first kappa shape index (κ1) is 16.3. The summed E-state index contributed by atoms with van der Waals surface area (Å²) in [4.78, 5) is 15.5. The van der Waals surface area contributed by atoms with Crippen molar-refractivity contribution < 1.29 is 4.74 Å². The highest BCUT2D eigenvalue weighted by atomic mass is 32.1. The largest absolute Gasteiger partial charge is 0.497 e. The van der Waals surface area contributed by atoms with Crippen LogP contribution in [0.3, 0.4) is 0 Å². The molecule has 0 radical (unpaired) electrons. The molecule has 23 heavy (non-hydrogen) atoms. The lowest BCUT2D eigenvalue weighted by molar-refractivity contribution is 0.398. The van der Waals surface area contributed by atoms with E-state index in [9.17, 15) is 4.79 Å². The molecule has 0 bridgehead atoms. The van der Waals surface area contributed by atoms with Crippen LogP contribution in [0.4, 0.5) is 5.69 Å². The molecule has 1 aliphatic carbocycles. The molecule has 3 rings (SSSR count). The number of fused-ring (bicyclic) bond motifs is 1. The summed E-state index contributed by atoms with van der Waals surface area (Å²) in [5.41, 5.74) is 0.995. The van der Waals surface area contributed by atoms with Crippen LogP contribution in [-0.2, 0) is 0 Å². The van der Waals surface area contributed by atoms with Crippen molar-refractivity contribution in [1.82, 2.24) is 0 Å². The lowest BCUT2D eigenvalue weighted by Gasteiger charge is -2.38. The molecule has 2 aromatic rings. The molecule has 4 heteroatoms. The van der Waals surface area contributed by atoms with E-state index in [4.69, 9.17) is 4.74 Å². The van der Waals surface area contributed by atoms with Crippen molar-refractivity contribution in [3.8, 4) is 5.75 Å². The van der Waals surface area contributed by atoms with Gasteiger partial charge in [0.2, 0.25) is 5.43 Å². The minimum atomic E-state index is 0.136. The number of nitrogens with zero attached hydrogens (tertiary/aromatic N) is 1. The van der Waals surface area contributed by atoms with Crippen molar-refractivity contribution in [2.75, 3.05) is 12.0 Å². The van der Waals surface area contributed by atoms with Gasteiger partial charge >= 0.3 is 0 Å². The van der Waals surface area contributed by atoms with E-state index in [-0.39, 0.29) is 5.43 Å². The van der Waals surface area contributed by atoms with E-state index in [1.807, 2.05) is 23.6 Å². The Bertz CT molecular complexity index is 732. The van der Waals surface area contributed by atoms with Crippen LogP contribution in [0.5, 0.6) is 5.75 Å². The highest BCUT2D eigenvalue weighted by Crippen LogP contribution is 2.31. The Kier molecular flexibility index (Phi) is 4.90. The van der Waals surface area contributed by atoms with Crippen molar-refractivity contribution >= 4 is 27.1 Å². The standard InChI is InChI=1S/C19H25NO2S/c1-13(2)20(14-7-5-4-6-8-14)17-12-23-18-10-9-15(22-3)11-16(18)19(17)21/h9-14H,4-8H2,1-3H3. The predicted octanol–water partition coefficient (Wildman–Crippen LogP) is 4.82. The minimum absolute atomic E-state index is 0.136. The zero-order chi connectivity index (χ0) is 16.4. The maximum Gasteiger partial charge on any atom is 0.211 e. The van der Waals surface area contributed by atoms with Crippen LogP contribution in [-0.4, -0.2) is 19.2 Å². The molecule has 1 aliphatic rings. The van der Waals surface area contributed by atoms with Gasteiger partial charge in [0.1, 0.15) is 5.75 Å². The van der Waals surface area contributed by atoms with Gasteiger partial charge in [0.25, 0.3) is 0 Å². The number of hydrogen-bond acceptors (Lipinski definition) is 4. The first-order valence-electron chi connectivity index (χ1n) is 8.49. The Hall–Kier alpha value is -1.55. The van der Waals surface area contributed by atoms with E-state index in [2.05, 4.69) is 18.7 Å². The van der Waals surface area contributed by atoms with E-state index in [0.717, 1.165) is 21.5 Å². The fraction of sp³-hybridized carbons (Fsp3) is 0.526. The van der Waals surface area contributed by atoms with Crippen molar-refractivity contribution in [3.63, 3.8) is 0 Å². The van der Waals surface area contributed by atoms with Crippen LogP contribution in [0, 0.1) is 0 Å². The van der Waals surface area contributed by atoms with Crippen LogP contribution in [0.2, 0.25) is 0 Å². The molecule has 0 N–H and O–H groups in total. The van der Waals surface area contributed by atoms with Crippen molar-refractivity contribution in [2.24, 2.45) is 0 Å². The summed E-state index contributed by atoms with van der Waals surface area (Å²) in [5, 5.41) is 2.82. The molecule has 3 nitrogen and oxygen atoms in total. The molecule has 1 heterocycles. The highest BCUT2D eigenvalue weighted by molar-refractivity contribution is 7.16. The van der Waals surface area contributed by atoms with Gasteiger partial charge in [-0.15, -0.1) is 11.3 Å². The lowest BCUT2D eigenvalue weighted by Crippen LogP contribution is -2.43. The second-order valence-electron chi connectivity index (χ2n) is 6.61. The Balaban J connectivity index is 2.08. The Morgan fingerprint density at radius 3 is 2.61 bits per heavy atom. The van der Waals surface area contributed by atoms with Gasteiger partial charge in [-0.2, -0.15) is 0 Å². The van der Waals surface area contributed by atoms with E-state index >= 15 is 0 Å². The van der Waals surface area contributed by atoms with Crippen LogP contribution in [0.15, 0.2) is 28.4 Å². The third-order valence-corrected chi connectivity index (χ3v) is 5.72. The summed E-state index contributed by atoms with van der Waals surface area (Å²) in [6, 6.07) is 6.59. The average Bonchev–Trinajstić information content (AvgIpc) is 2.57. The molecule has 1 fully saturated rings. The second-order valence-corrected chi connectivity index (χ2v) is 7.52. The number of hydrogen-bond donors (Lipinski definition) is 0. The summed E-state index contributed by atoms with van der Waals surface area (Å²) >= 11 is 1.65. The van der Waals surface area contributed by atoms with Crippen molar-refractivity contribution in [2.45, 2.75) is 58.0 Å². The highest BCUT2D eigenvalue weighted by Gasteiger charge is 2.26. The van der Waals surface area contributed by atoms with Gasteiger partial charge in [0, 0.05) is 27.5 Å². The summed E-state index contributed by atoms with van der Waals surface area (Å²) < 4.78 is 6.31. The molecule has 124 valence electrons. The fourth-order valence-electron chi connectivity index (χ4n) is 3.66. The first-order valence-corrected chi connectivity index (χ1v) is 9.37. The minimum Gasteiger partial charge on any atom is -0.497 e. The maximum atomic E-state index is 13.1. The smallest absolute Gasteiger partial charge is 0.211 e. The van der Waals surface area contributed by atoms with Crippen LogP contribution >= 0.6 is 11.3 Å². The average molecular weight is 331 g/mol. The van der Waals surface area contributed by atoms with E-state index in [1.165, 1.54) is 32.1 Å². The van der Waals surface area contributed by atoms with Crippen molar-refractivity contribution in [1.29, 1.82) is 0 Å². The van der Waals surface area contributed by atoms with Crippen molar-refractivity contribution in [3.05, 3.63) is 33.8 Å². The molecule has 0 saturated heterocycles. The number of rotatable bonds is 4. The topological polar surface area (TPSA) is 29.5 Å². The van der Waals surface area contributed by atoms with Gasteiger partial charge in [-0.3, -0.25) is 4.79 Å². The van der Waals surface area contributed by atoms with Crippen LogP contribution < -0.4 is 15.1 Å². The molecule has 0 atom stereocenters. The summed E-state index contributed by atoms with van der Waals surface area (Å²) in [6.07, 6.45) is 6.25. The van der Waals surface area contributed by atoms with Gasteiger partial charge < -0.3 is 9.64 Å². The molecule has 0 amide bonds. The van der Waals surface area contributed by atoms with E-state index < -0.39 is 0 Å². The normalized spacial score (nSPS) is 16.0. The summed E-state index contributed by atoms with van der Waals surface area (Å²) in [5.74, 6) is 0.743. The summed E-state index contributed by atoms with van der Waals surface area (Å²) in [6.45, 7) is 4.38. The summed E-state index contributed by atoms with van der Waals surface area (Å²) in [7, 11) is 1.64. The maximum absolute atomic E-state index is 13.1. The second kappa shape index (κ2) is 6.91. The fourth-order valence-corrected chi connectivity index (χ4v) is 4.55. The molecule has 1 saturated carbocycles. The molecular weight excluding hydrogens is 306 g/mol. The number of anilines is 1. The van der Waals surface area contributed by atoms with Gasteiger partial charge in [-0.05, 0) is 44.9 Å². The quantitative estimate of drug-likeness (QED) is 0.804. The third kappa shape index (κ3) is 3.23. The SMILES string of the molecule is COc1ccc2scc(N(C(C)C)C3CCCCC3)c(=O)c2c1.